The highest BCUT2D eigenvalue weighted by atomic mass is 32.1. The van der Waals surface area contributed by atoms with E-state index in [-0.39, 0.29) is 5.91 Å². The van der Waals surface area contributed by atoms with Gasteiger partial charge < -0.3 is 5.32 Å². The van der Waals surface area contributed by atoms with E-state index in [1.54, 1.807) is 6.20 Å². The van der Waals surface area contributed by atoms with Gasteiger partial charge in [-0.25, -0.2) is 0 Å². The van der Waals surface area contributed by atoms with Crippen molar-refractivity contribution in [3.05, 3.63) is 46.3 Å². The lowest BCUT2D eigenvalue weighted by molar-refractivity contribution is 0.103. The monoisotopic (exact) mass is 257 g/mol. The quantitative estimate of drug-likeness (QED) is 0.740. The van der Waals surface area contributed by atoms with Crippen LogP contribution in [0.25, 0.3) is 10.9 Å². The zero-order valence-corrected chi connectivity index (χ0v) is 10.5. The van der Waals surface area contributed by atoms with E-state index in [1.165, 1.54) is 11.3 Å². The molecule has 0 aliphatic heterocycles. The van der Waals surface area contributed by atoms with Crippen LogP contribution in [-0.2, 0) is 0 Å². The van der Waals surface area contributed by atoms with Crippen molar-refractivity contribution >= 4 is 33.8 Å². The number of fused-ring (bicyclic) bond motifs is 1. The summed E-state index contributed by atoms with van der Waals surface area (Å²) in [5.41, 5.74) is 2.59. The lowest BCUT2D eigenvalue weighted by atomic mass is 10.2. The van der Waals surface area contributed by atoms with E-state index in [1.807, 2.05) is 36.6 Å². The van der Waals surface area contributed by atoms with Gasteiger partial charge in [0.05, 0.1) is 22.3 Å². The van der Waals surface area contributed by atoms with E-state index in [0.29, 0.717) is 0 Å². The third-order valence-corrected chi connectivity index (χ3v) is 3.81. The Kier molecular flexibility index (Phi) is 2.60. The summed E-state index contributed by atoms with van der Waals surface area (Å²) in [6, 6.07) is 7.65. The number of aromatic nitrogens is 2. The van der Waals surface area contributed by atoms with Gasteiger partial charge in [0.2, 0.25) is 0 Å². The Morgan fingerprint density at radius 1 is 1.39 bits per heavy atom. The molecule has 90 valence electrons. The lowest BCUT2D eigenvalue weighted by Crippen LogP contribution is -2.11. The fraction of sp³-hybridized carbons (Fsp3) is 0.0769. The normalized spacial score (nSPS) is 10.7. The van der Waals surface area contributed by atoms with Crippen molar-refractivity contribution in [2.45, 2.75) is 6.92 Å². The van der Waals surface area contributed by atoms with Crippen LogP contribution in [0.5, 0.6) is 0 Å². The van der Waals surface area contributed by atoms with Gasteiger partial charge in [0.25, 0.3) is 5.91 Å². The number of carbonyl (C=O) groups is 1. The van der Waals surface area contributed by atoms with Gasteiger partial charge in [-0.1, -0.05) is 12.1 Å². The van der Waals surface area contributed by atoms with Gasteiger partial charge in [-0.05, 0) is 30.0 Å². The first-order valence-corrected chi connectivity index (χ1v) is 6.41. The molecule has 2 N–H and O–H groups in total. The first-order chi connectivity index (χ1) is 8.75. The van der Waals surface area contributed by atoms with Gasteiger partial charge >= 0.3 is 0 Å². The molecule has 0 saturated heterocycles. The minimum Gasteiger partial charge on any atom is -0.319 e. The Bertz CT molecular complexity index is 714. The summed E-state index contributed by atoms with van der Waals surface area (Å²) in [6.07, 6.45) is 1.74. The number of benzene rings is 1. The smallest absolute Gasteiger partial charge is 0.266 e. The maximum absolute atomic E-state index is 12.1. The Morgan fingerprint density at radius 2 is 2.28 bits per heavy atom. The van der Waals surface area contributed by atoms with Gasteiger partial charge in [-0.2, -0.15) is 5.10 Å². The van der Waals surface area contributed by atoms with Crippen molar-refractivity contribution in [3.63, 3.8) is 0 Å². The van der Waals surface area contributed by atoms with E-state index in [9.17, 15) is 4.79 Å². The summed E-state index contributed by atoms with van der Waals surface area (Å²) in [7, 11) is 0. The van der Waals surface area contributed by atoms with E-state index in [4.69, 9.17) is 0 Å². The number of carbonyl (C=O) groups excluding carboxylic acids is 1. The van der Waals surface area contributed by atoms with Crippen LogP contribution in [0.1, 0.15) is 15.2 Å². The molecule has 0 radical (unpaired) electrons. The molecule has 2 heterocycles. The van der Waals surface area contributed by atoms with E-state index >= 15 is 0 Å². The number of H-pyrrole nitrogens is 1. The second-order valence-corrected chi connectivity index (χ2v) is 4.94. The van der Waals surface area contributed by atoms with E-state index < -0.39 is 0 Å². The fourth-order valence-corrected chi connectivity index (χ4v) is 2.68. The predicted octanol–water partition coefficient (Wildman–Crippen LogP) is 3.19. The molecule has 1 amide bonds. The first-order valence-electron chi connectivity index (χ1n) is 5.53. The second-order valence-electron chi connectivity index (χ2n) is 4.03. The van der Waals surface area contributed by atoms with Gasteiger partial charge in [-0.3, -0.25) is 9.89 Å². The Morgan fingerprint density at radius 3 is 3.06 bits per heavy atom. The topological polar surface area (TPSA) is 57.8 Å². The van der Waals surface area contributed by atoms with E-state index in [0.717, 1.165) is 27.0 Å². The number of nitrogens with one attached hydrogen (secondary N) is 2. The van der Waals surface area contributed by atoms with Gasteiger partial charge in [0, 0.05) is 5.39 Å². The van der Waals surface area contributed by atoms with Gasteiger partial charge in [0.1, 0.15) is 0 Å². The summed E-state index contributed by atoms with van der Waals surface area (Å²) >= 11 is 1.45. The van der Waals surface area contributed by atoms with Crippen molar-refractivity contribution in [2.24, 2.45) is 0 Å². The molecule has 0 unspecified atom stereocenters. The standard InChI is InChI=1S/C13H11N3OS/c1-8-5-6-18-12(8)13(17)15-10-4-2-3-9-7-14-16-11(9)10/h2-7H,1H3,(H,14,16)(H,15,17). The van der Waals surface area contributed by atoms with Crippen LogP contribution in [0, 0.1) is 6.92 Å². The summed E-state index contributed by atoms with van der Waals surface area (Å²) < 4.78 is 0. The number of amides is 1. The Balaban J connectivity index is 1.95. The number of para-hydroxylation sites is 1. The SMILES string of the molecule is Cc1ccsc1C(=O)Nc1cccc2cn[nH]c12. The number of aryl methyl sites for hydroxylation is 1. The van der Waals surface area contributed by atoms with Crippen LogP contribution >= 0.6 is 11.3 Å². The minimum atomic E-state index is -0.0791. The highest BCUT2D eigenvalue weighted by Crippen LogP contribution is 2.23. The molecule has 0 bridgehead atoms. The molecular weight excluding hydrogens is 246 g/mol. The third-order valence-electron chi connectivity index (χ3n) is 2.79. The van der Waals surface area contributed by atoms with Crippen LogP contribution in [0.4, 0.5) is 5.69 Å². The van der Waals surface area contributed by atoms with Crippen LogP contribution < -0.4 is 5.32 Å². The number of thiophene rings is 1. The summed E-state index contributed by atoms with van der Waals surface area (Å²) in [5, 5.41) is 12.7. The van der Waals surface area contributed by atoms with Crippen molar-refractivity contribution in [1.82, 2.24) is 10.2 Å². The highest BCUT2D eigenvalue weighted by Gasteiger charge is 2.12. The zero-order valence-electron chi connectivity index (χ0n) is 9.73. The van der Waals surface area contributed by atoms with Crippen LogP contribution in [-0.4, -0.2) is 16.1 Å². The molecule has 3 aromatic rings. The molecule has 4 nitrogen and oxygen atoms in total. The largest absolute Gasteiger partial charge is 0.319 e. The first kappa shape index (κ1) is 11.0. The molecule has 3 rings (SSSR count). The van der Waals surface area contributed by atoms with Crippen molar-refractivity contribution in [2.75, 3.05) is 5.32 Å². The number of aromatic amines is 1. The summed E-state index contributed by atoms with van der Waals surface area (Å²) in [4.78, 5) is 12.9. The molecule has 18 heavy (non-hydrogen) atoms. The average molecular weight is 257 g/mol. The van der Waals surface area contributed by atoms with Crippen LogP contribution in [0.2, 0.25) is 0 Å². The van der Waals surface area contributed by atoms with Crippen LogP contribution in [0.3, 0.4) is 0 Å². The number of nitrogens with zero attached hydrogens (tertiary/aromatic N) is 1. The van der Waals surface area contributed by atoms with Crippen molar-refractivity contribution in [3.8, 4) is 0 Å². The molecule has 0 aliphatic carbocycles. The van der Waals surface area contributed by atoms with Crippen molar-refractivity contribution < 1.29 is 4.79 Å². The van der Waals surface area contributed by atoms with Crippen LogP contribution in [0.15, 0.2) is 35.8 Å². The Hall–Kier alpha value is -2.14. The average Bonchev–Trinajstić information content (AvgIpc) is 2.97. The molecule has 0 spiro atoms. The number of hydrogen-bond donors (Lipinski definition) is 2. The molecule has 0 aliphatic rings. The predicted molar refractivity (Wildman–Crippen MR) is 73.1 cm³/mol. The maximum Gasteiger partial charge on any atom is 0.266 e. The molecule has 0 saturated carbocycles. The third kappa shape index (κ3) is 1.78. The van der Waals surface area contributed by atoms with Gasteiger partial charge in [0.15, 0.2) is 0 Å². The second kappa shape index (κ2) is 4.27. The number of anilines is 1. The number of rotatable bonds is 2. The molecule has 0 fully saturated rings. The maximum atomic E-state index is 12.1. The van der Waals surface area contributed by atoms with Crippen molar-refractivity contribution in [1.29, 1.82) is 0 Å². The highest BCUT2D eigenvalue weighted by molar-refractivity contribution is 7.12. The van der Waals surface area contributed by atoms with E-state index in [2.05, 4.69) is 15.5 Å². The fourth-order valence-electron chi connectivity index (χ4n) is 1.86. The Labute approximate surface area is 108 Å². The summed E-state index contributed by atoms with van der Waals surface area (Å²) in [5.74, 6) is -0.0791. The lowest BCUT2D eigenvalue weighted by Gasteiger charge is -2.05. The summed E-state index contributed by atoms with van der Waals surface area (Å²) in [6.45, 7) is 1.93. The molecule has 1 aromatic carbocycles. The zero-order chi connectivity index (χ0) is 12.5. The molecule has 0 atom stereocenters. The minimum absolute atomic E-state index is 0.0791. The molecular formula is C13H11N3OS. The molecule has 2 aromatic heterocycles. The molecule has 5 heteroatoms. The number of hydrogen-bond acceptors (Lipinski definition) is 3. The van der Waals surface area contributed by atoms with Gasteiger partial charge in [-0.15, -0.1) is 11.3 Å².